The van der Waals surface area contributed by atoms with Crippen LogP contribution >= 0.6 is 0 Å². The first kappa shape index (κ1) is 6.11. The van der Waals surface area contributed by atoms with Gasteiger partial charge in [0.1, 0.15) is 0 Å². The summed E-state index contributed by atoms with van der Waals surface area (Å²) in [6, 6.07) is 2.24. The highest BCUT2D eigenvalue weighted by atomic mass is 14.9. The predicted molar refractivity (Wildman–Crippen MR) is 42.0 cm³/mol. The Bertz CT molecular complexity index is 250. The molecule has 1 nitrogen and oxygen atoms in total. The highest BCUT2D eigenvalue weighted by molar-refractivity contribution is 6.21. The molecule has 2 spiro atoms. The lowest BCUT2D eigenvalue weighted by Crippen LogP contribution is -1.95. The summed E-state index contributed by atoms with van der Waals surface area (Å²) >= 11 is 0. The molecule has 3 aliphatic rings. The van der Waals surface area contributed by atoms with Gasteiger partial charge >= 0.3 is 0 Å². The summed E-state index contributed by atoms with van der Waals surface area (Å²) in [5.74, 6) is 0. The second-order valence-electron chi connectivity index (χ2n) is 4.47. The first-order valence-corrected chi connectivity index (χ1v) is 4.38. The first-order chi connectivity index (χ1) is 5.22. The summed E-state index contributed by atoms with van der Waals surface area (Å²) in [6.07, 6.45) is 5.78. The summed E-state index contributed by atoms with van der Waals surface area (Å²) in [6.45, 7) is 0. The van der Waals surface area contributed by atoms with Gasteiger partial charge < -0.3 is 0 Å². The van der Waals surface area contributed by atoms with Gasteiger partial charge in [0.2, 0.25) is 0 Å². The van der Waals surface area contributed by atoms with Gasteiger partial charge in [-0.2, -0.15) is 5.26 Å². The van der Waals surface area contributed by atoms with Gasteiger partial charge in [-0.25, -0.2) is 0 Å². The number of nitrogens with zero attached hydrogens (tertiary/aromatic N) is 1. The Labute approximate surface area is 68.2 Å². The molecule has 2 heteroatoms. The van der Waals surface area contributed by atoms with E-state index in [9.17, 15) is 0 Å². The zero-order valence-electron chi connectivity index (χ0n) is 6.56. The Morgan fingerprint density at radius 2 is 1.64 bits per heavy atom. The van der Waals surface area contributed by atoms with E-state index in [0.29, 0.717) is 17.3 Å². The van der Waals surface area contributed by atoms with E-state index in [0.717, 1.165) is 0 Å². The zero-order chi connectivity index (χ0) is 7.74. The second kappa shape index (κ2) is 1.26. The number of nitriles is 1. The molecule has 3 saturated carbocycles. The zero-order valence-corrected chi connectivity index (χ0v) is 6.56. The van der Waals surface area contributed by atoms with Gasteiger partial charge in [0.25, 0.3) is 0 Å². The molecule has 0 aromatic carbocycles. The van der Waals surface area contributed by atoms with Gasteiger partial charge in [0, 0.05) is 6.42 Å². The van der Waals surface area contributed by atoms with Gasteiger partial charge in [-0.15, -0.1) is 0 Å². The molecule has 0 unspecified atom stereocenters. The third-order valence-corrected chi connectivity index (χ3v) is 4.42. The summed E-state index contributed by atoms with van der Waals surface area (Å²) in [5, 5.41) is 8.59. The lowest BCUT2D eigenvalue weighted by molar-refractivity contribution is 0.716. The average Bonchev–Trinajstić information content (AvgIpc) is 2.83. The molecule has 3 aliphatic carbocycles. The third-order valence-electron chi connectivity index (χ3n) is 4.42. The number of fused-ring (bicyclic) bond motifs is 1. The van der Waals surface area contributed by atoms with E-state index in [1.165, 1.54) is 25.7 Å². The first-order valence-electron chi connectivity index (χ1n) is 4.38. The molecule has 0 aromatic rings. The van der Waals surface area contributed by atoms with Crippen LogP contribution < -0.4 is 0 Å². The number of hydrogen-bond donors (Lipinski definition) is 0. The highest BCUT2D eigenvalue weighted by Gasteiger charge is 2.91. The van der Waals surface area contributed by atoms with Crippen LogP contribution in [0.4, 0.5) is 0 Å². The van der Waals surface area contributed by atoms with Crippen LogP contribution in [0.2, 0.25) is 5.31 Å². The summed E-state index contributed by atoms with van der Waals surface area (Å²) in [5.41, 5.74) is 0.936. The molecule has 3 fully saturated rings. The lowest BCUT2D eigenvalue weighted by Gasteiger charge is -2.03. The van der Waals surface area contributed by atoms with Crippen LogP contribution in [0.25, 0.3) is 0 Å². The van der Waals surface area contributed by atoms with E-state index in [1.807, 2.05) is 0 Å². The minimum atomic E-state index is -0.0469. The van der Waals surface area contributed by atoms with Crippen LogP contribution in [0.15, 0.2) is 0 Å². The van der Waals surface area contributed by atoms with Crippen molar-refractivity contribution in [1.29, 1.82) is 5.26 Å². The van der Waals surface area contributed by atoms with Gasteiger partial charge in [-0.05, 0) is 41.8 Å². The molecule has 0 N–H and O–H groups in total. The van der Waals surface area contributed by atoms with E-state index in [1.54, 1.807) is 0 Å². The van der Waals surface area contributed by atoms with E-state index >= 15 is 0 Å². The van der Waals surface area contributed by atoms with Crippen molar-refractivity contribution < 1.29 is 0 Å². The second-order valence-corrected chi connectivity index (χ2v) is 4.47. The number of hydrogen-bond acceptors (Lipinski definition) is 1. The van der Waals surface area contributed by atoms with E-state index in [-0.39, 0.29) is 5.31 Å². The smallest absolute Gasteiger partial charge is 0.0775 e. The van der Waals surface area contributed by atoms with Crippen LogP contribution in [0.1, 0.15) is 32.1 Å². The molecule has 0 atom stereocenters. The summed E-state index contributed by atoms with van der Waals surface area (Å²) in [4.78, 5) is 0. The third kappa shape index (κ3) is 0.367. The van der Waals surface area contributed by atoms with Crippen molar-refractivity contribution in [3.63, 3.8) is 0 Å². The fourth-order valence-electron chi connectivity index (χ4n) is 3.52. The molecule has 0 aliphatic heterocycles. The maximum Gasteiger partial charge on any atom is 0.0775 e. The Hall–Kier alpha value is -0.445. The summed E-state index contributed by atoms with van der Waals surface area (Å²) < 4.78 is 0. The van der Waals surface area contributed by atoms with Gasteiger partial charge in [-0.1, -0.05) is 0 Å². The fraction of sp³-hybridized carbons (Fsp3) is 0.889. The maximum absolute atomic E-state index is 8.63. The normalized spacial score (nSPS) is 45.4. The van der Waals surface area contributed by atoms with Crippen molar-refractivity contribution in [1.82, 2.24) is 0 Å². The van der Waals surface area contributed by atoms with Crippen molar-refractivity contribution in [2.45, 2.75) is 37.4 Å². The van der Waals surface area contributed by atoms with E-state index in [4.69, 9.17) is 13.1 Å². The van der Waals surface area contributed by atoms with Gasteiger partial charge in [-0.3, -0.25) is 0 Å². The monoisotopic (exact) mass is 143 g/mol. The molecule has 0 heterocycles. The van der Waals surface area contributed by atoms with Gasteiger partial charge in [0.15, 0.2) is 0 Å². The molecular formula is C9H10BN. The number of rotatable bonds is 1. The quantitative estimate of drug-likeness (QED) is 0.513. The maximum atomic E-state index is 8.63. The SMILES string of the molecule is [B]C1(CC#N)C2(CC2)C12CC2. The van der Waals surface area contributed by atoms with Gasteiger partial charge in [0.05, 0.1) is 13.9 Å². The molecule has 54 valence electrons. The van der Waals surface area contributed by atoms with Crippen molar-refractivity contribution in [2.75, 3.05) is 0 Å². The fourth-order valence-corrected chi connectivity index (χ4v) is 3.52. The van der Waals surface area contributed by atoms with E-state index in [2.05, 4.69) is 6.07 Å². The Morgan fingerprint density at radius 1 is 1.18 bits per heavy atom. The molecule has 0 amide bonds. The Morgan fingerprint density at radius 3 is 1.91 bits per heavy atom. The topological polar surface area (TPSA) is 23.8 Å². The van der Waals surface area contributed by atoms with Crippen LogP contribution in [0.5, 0.6) is 0 Å². The largest absolute Gasteiger partial charge is 0.198 e. The van der Waals surface area contributed by atoms with Crippen LogP contribution in [-0.2, 0) is 0 Å². The van der Waals surface area contributed by atoms with Crippen molar-refractivity contribution in [2.24, 2.45) is 10.8 Å². The Balaban J connectivity index is 1.97. The van der Waals surface area contributed by atoms with Crippen molar-refractivity contribution >= 4 is 7.85 Å². The Kier molecular flexibility index (Phi) is 0.700. The van der Waals surface area contributed by atoms with Crippen molar-refractivity contribution in [3.8, 4) is 6.07 Å². The molecule has 2 radical (unpaired) electrons. The van der Waals surface area contributed by atoms with Crippen molar-refractivity contribution in [3.05, 3.63) is 0 Å². The molecule has 3 rings (SSSR count). The highest BCUT2D eigenvalue weighted by Crippen LogP contribution is 3.02. The van der Waals surface area contributed by atoms with Crippen LogP contribution in [0, 0.1) is 22.2 Å². The summed E-state index contributed by atoms with van der Waals surface area (Å²) in [7, 11) is 6.22. The van der Waals surface area contributed by atoms with Crippen LogP contribution in [-0.4, -0.2) is 7.85 Å². The average molecular weight is 143 g/mol. The predicted octanol–water partition coefficient (Wildman–Crippen LogP) is 1.80. The molecule has 11 heavy (non-hydrogen) atoms. The minimum absolute atomic E-state index is 0.0469. The molecular weight excluding hydrogens is 133 g/mol. The molecule has 0 bridgehead atoms. The van der Waals surface area contributed by atoms with Crippen LogP contribution in [0.3, 0.4) is 0 Å². The minimum Gasteiger partial charge on any atom is -0.198 e. The molecule has 0 saturated heterocycles. The molecule has 0 aromatic heterocycles. The standard InChI is InChI=1S/C9H10BN/c10-9(5-6-11)7(1-2-7)8(9)3-4-8/h1-5H2. The van der Waals surface area contributed by atoms with E-state index < -0.39 is 0 Å². The lowest BCUT2D eigenvalue weighted by atomic mass is 9.75.